The summed E-state index contributed by atoms with van der Waals surface area (Å²) in [6, 6.07) is 1.69. The summed E-state index contributed by atoms with van der Waals surface area (Å²) in [5.74, 6) is 1.14. The number of hydrogen-bond acceptors (Lipinski definition) is 4. The molecule has 0 bridgehead atoms. The zero-order chi connectivity index (χ0) is 15.3. The lowest BCUT2D eigenvalue weighted by Crippen LogP contribution is -2.31. The number of nitrogens with one attached hydrogen (secondary N) is 1. The highest BCUT2D eigenvalue weighted by atomic mass is 32.2. The summed E-state index contributed by atoms with van der Waals surface area (Å²) in [4.78, 5) is 0.331. The molecule has 1 aliphatic rings. The molecule has 1 unspecified atom stereocenters. The number of aromatic nitrogens is 1. The molecule has 1 fully saturated rings. The molecule has 0 saturated carbocycles. The van der Waals surface area contributed by atoms with Gasteiger partial charge in [0.1, 0.15) is 0 Å². The minimum atomic E-state index is -3.43. The Morgan fingerprint density at radius 2 is 2.29 bits per heavy atom. The van der Waals surface area contributed by atoms with Crippen LogP contribution in [0.2, 0.25) is 0 Å². The molecule has 21 heavy (non-hydrogen) atoms. The van der Waals surface area contributed by atoms with Crippen molar-refractivity contribution in [2.45, 2.75) is 55.8 Å². The van der Waals surface area contributed by atoms with E-state index in [-0.39, 0.29) is 0 Å². The summed E-state index contributed by atoms with van der Waals surface area (Å²) in [6.07, 6.45) is 6.19. The van der Waals surface area contributed by atoms with Gasteiger partial charge in [0.05, 0.1) is 4.90 Å². The standard InChI is InChI=1S/C14H25N3O2S2/c1-2-6-17-11-14(8-12(17)9-15)21(18,19)16-10-13-5-3-4-7-20-13/h8,11,13,16H,2-7,9-10,15H2,1H3. The van der Waals surface area contributed by atoms with Crippen LogP contribution in [-0.4, -0.2) is 30.5 Å². The Kier molecular flexibility index (Phi) is 6.16. The van der Waals surface area contributed by atoms with Gasteiger partial charge in [-0.15, -0.1) is 0 Å². The van der Waals surface area contributed by atoms with Gasteiger partial charge in [-0.3, -0.25) is 0 Å². The Morgan fingerprint density at radius 1 is 1.48 bits per heavy atom. The maximum atomic E-state index is 12.4. The zero-order valence-electron chi connectivity index (χ0n) is 12.5. The van der Waals surface area contributed by atoms with E-state index in [0.717, 1.165) is 30.8 Å². The van der Waals surface area contributed by atoms with Crippen molar-refractivity contribution < 1.29 is 8.42 Å². The summed E-state index contributed by atoms with van der Waals surface area (Å²) in [6.45, 7) is 3.73. The first-order chi connectivity index (χ1) is 10.1. The van der Waals surface area contributed by atoms with Gasteiger partial charge in [-0.1, -0.05) is 13.3 Å². The summed E-state index contributed by atoms with van der Waals surface area (Å²) in [5.41, 5.74) is 6.55. The van der Waals surface area contributed by atoms with Gasteiger partial charge >= 0.3 is 0 Å². The van der Waals surface area contributed by atoms with Crippen molar-refractivity contribution in [3.8, 4) is 0 Å². The van der Waals surface area contributed by atoms with Crippen LogP contribution in [0.3, 0.4) is 0 Å². The van der Waals surface area contributed by atoms with Gasteiger partial charge in [0.15, 0.2) is 0 Å². The smallest absolute Gasteiger partial charge is 0.242 e. The normalized spacial score (nSPS) is 19.8. The Balaban J connectivity index is 2.04. The Morgan fingerprint density at radius 3 is 2.90 bits per heavy atom. The van der Waals surface area contributed by atoms with Crippen molar-refractivity contribution in [1.82, 2.24) is 9.29 Å². The summed E-state index contributed by atoms with van der Waals surface area (Å²) in [5, 5.41) is 0.403. The van der Waals surface area contributed by atoms with E-state index in [1.807, 2.05) is 16.3 Å². The summed E-state index contributed by atoms with van der Waals surface area (Å²) >= 11 is 1.87. The number of sulfonamides is 1. The van der Waals surface area contributed by atoms with Crippen molar-refractivity contribution in [3.05, 3.63) is 18.0 Å². The highest BCUT2D eigenvalue weighted by molar-refractivity contribution is 8.00. The Hall–Kier alpha value is -0.500. The second-order valence-electron chi connectivity index (χ2n) is 5.41. The van der Waals surface area contributed by atoms with Crippen molar-refractivity contribution in [2.24, 2.45) is 5.73 Å². The van der Waals surface area contributed by atoms with Crippen LogP contribution in [0.15, 0.2) is 17.2 Å². The lowest BCUT2D eigenvalue weighted by molar-refractivity contribution is 0.573. The van der Waals surface area contributed by atoms with Gasteiger partial charge in [0, 0.05) is 36.8 Å². The van der Waals surface area contributed by atoms with E-state index in [9.17, 15) is 8.42 Å². The first-order valence-corrected chi connectivity index (χ1v) is 10.1. The predicted molar refractivity (Wildman–Crippen MR) is 87.9 cm³/mol. The van der Waals surface area contributed by atoms with E-state index in [1.165, 1.54) is 12.8 Å². The van der Waals surface area contributed by atoms with Gasteiger partial charge < -0.3 is 10.3 Å². The fourth-order valence-corrected chi connectivity index (χ4v) is 5.04. The molecule has 0 radical (unpaired) electrons. The molecule has 0 aromatic carbocycles. The largest absolute Gasteiger partial charge is 0.349 e. The number of thioether (sulfide) groups is 1. The third-order valence-corrected chi connectivity index (χ3v) is 6.51. The molecule has 2 rings (SSSR count). The third kappa shape index (κ3) is 4.48. The van der Waals surface area contributed by atoms with Gasteiger partial charge in [-0.2, -0.15) is 11.8 Å². The zero-order valence-corrected chi connectivity index (χ0v) is 14.2. The van der Waals surface area contributed by atoms with Crippen molar-refractivity contribution in [1.29, 1.82) is 0 Å². The molecule has 5 nitrogen and oxygen atoms in total. The van der Waals surface area contributed by atoms with E-state index >= 15 is 0 Å². The fraction of sp³-hybridized carbons (Fsp3) is 0.714. The Labute approximate surface area is 131 Å². The monoisotopic (exact) mass is 331 g/mol. The molecule has 1 aliphatic heterocycles. The molecule has 1 aromatic heterocycles. The topological polar surface area (TPSA) is 77.1 Å². The van der Waals surface area contributed by atoms with Crippen molar-refractivity contribution >= 4 is 21.8 Å². The van der Waals surface area contributed by atoms with E-state index in [0.29, 0.717) is 23.2 Å². The van der Waals surface area contributed by atoms with Gasteiger partial charge in [-0.05, 0) is 31.1 Å². The van der Waals surface area contributed by atoms with Crippen LogP contribution >= 0.6 is 11.8 Å². The molecule has 0 aliphatic carbocycles. The summed E-state index contributed by atoms with van der Waals surface area (Å²) < 4.78 is 29.5. The lowest BCUT2D eigenvalue weighted by atomic mass is 10.2. The molecule has 1 aromatic rings. The third-order valence-electron chi connectivity index (χ3n) is 3.72. The second-order valence-corrected chi connectivity index (χ2v) is 8.58. The number of rotatable bonds is 7. The number of aryl methyl sites for hydroxylation is 1. The van der Waals surface area contributed by atoms with E-state index in [1.54, 1.807) is 12.3 Å². The molecule has 0 amide bonds. The van der Waals surface area contributed by atoms with Crippen LogP contribution < -0.4 is 10.5 Å². The molecule has 1 saturated heterocycles. The van der Waals surface area contributed by atoms with Crippen LogP contribution in [-0.2, 0) is 23.1 Å². The molecule has 0 spiro atoms. The highest BCUT2D eigenvalue weighted by Gasteiger charge is 2.21. The van der Waals surface area contributed by atoms with Crippen LogP contribution in [0.4, 0.5) is 0 Å². The van der Waals surface area contributed by atoms with Crippen molar-refractivity contribution in [2.75, 3.05) is 12.3 Å². The van der Waals surface area contributed by atoms with Crippen LogP contribution in [0.25, 0.3) is 0 Å². The molecular formula is C14H25N3O2S2. The first kappa shape index (κ1) is 16.9. The minimum Gasteiger partial charge on any atom is -0.349 e. The Bertz CT molecular complexity index is 549. The molecular weight excluding hydrogens is 306 g/mol. The maximum Gasteiger partial charge on any atom is 0.242 e. The van der Waals surface area contributed by atoms with E-state index < -0.39 is 10.0 Å². The molecule has 1 atom stereocenters. The van der Waals surface area contributed by atoms with Gasteiger partial charge in [0.25, 0.3) is 0 Å². The molecule has 3 N–H and O–H groups in total. The van der Waals surface area contributed by atoms with Gasteiger partial charge in [0.2, 0.25) is 10.0 Å². The fourth-order valence-electron chi connectivity index (χ4n) is 2.55. The SMILES string of the molecule is CCCn1cc(S(=O)(=O)NCC2CCCCS2)cc1CN. The molecule has 7 heteroatoms. The highest BCUT2D eigenvalue weighted by Crippen LogP contribution is 2.25. The maximum absolute atomic E-state index is 12.4. The number of nitrogens with zero attached hydrogens (tertiary/aromatic N) is 1. The average Bonchev–Trinajstić information content (AvgIpc) is 2.91. The molecule has 2 heterocycles. The van der Waals surface area contributed by atoms with Crippen LogP contribution in [0.5, 0.6) is 0 Å². The van der Waals surface area contributed by atoms with Crippen LogP contribution in [0, 0.1) is 0 Å². The number of hydrogen-bond donors (Lipinski definition) is 2. The van der Waals surface area contributed by atoms with Crippen LogP contribution in [0.1, 0.15) is 38.3 Å². The van der Waals surface area contributed by atoms with E-state index in [4.69, 9.17) is 5.73 Å². The number of nitrogens with two attached hydrogens (primary N) is 1. The summed E-state index contributed by atoms with van der Waals surface area (Å²) in [7, 11) is -3.43. The van der Waals surface area contributed by atoms with E-state index in [2.05, 4.69) is 11.6 Å². The lowest BCUT2D eigenvalue weighted by Gasteiger charge is -2.21. The minimum absolute atomic E-state index is 0.331. The quantitative estimate of drug-likeness (QED) is 0.800. The van der Waals surface area contributed by atoms with Gasteiger partial charge in [-0.25, -0.2) is 13.1 Å². The molecule has 120 valence electrons. The average molecular weight is 332 g/mol. The first-order valence-electron chi connectivity index (χ1n) is 7.57. The van der Waals surface area contributed by atoms with Crippen molar-refractivity contribution in [3.63, 3.8) is 0 Å². The second kappa shape index (κ2) is 7.67. The predicted octanol–water partition coefficient (Wildman–Crippen LogP) is 1.92.